The third-order valence-corrected chi connectivity index (χ3v) is 8.37. The number of aromatic nitrogens is 1. The topological polar surface area (TPSA) is 66.1 Å². The molecule has 2 amide bonds. The van der Waals surface area contributed by atoms with E-state index in [2.05, 4.69) is 22.8 Å². The van der Waals surface area contributed by atoms with Gasteiger partial charge in [-0.25, -0.2) is 4.90 Å². The highest BCUT2D eigenvalue weighted by Crippen LogP contribution is 2.41. The first kappa shape index (κ1) is 25.5. The van der Waals surface area contributed by atoms with Crippen LogP contribution < -0.4 is 4.90 Å². The molecule has 0 fully saturated rings. The molecule has 206 valence electrons. The minimum atomic E-state index is -0.350. The van der Waals surface area contributed by atoms with Crippen molar-refractivity contribution in [2.24, 2.45) is 0 Å². The number of rotatable bonds is 4. The number of fused-ring (bicyclic) bond motifs is 4. The van der Waals surface area contributed by atoms with Crippen LogP contribution in [0, 0.1) is 11.3 Å². The maximum Gasteiger partial charge on any atom is 0.268 e. The molecule has 7 aromatic rings. The SMILES string of the molecule is N#Cc1cccc(-c2cccc3c2c2ccccc2n3-c2cccc3c2C(=O)N(c2ccc(-c4ccccc4)cc2)C3=O)c1. The van der Waals surface area contributed by atoms with Crippen LogP contribution in [0.3, 0.4) is 0 Å². The average Bonchev–Trinajstić information content (AvgIpc) is 3.56. The van der Waals surface area contributed by atoms with Gasteiger partial charge in [0, 0.05) is 10.8 Å². The van der Waals surface area contributed by atoms with E-state index in [1.807, 2.05) is 115 Å². The predicted molar refractivity (Wildman–Crippen MR) is 174 cm³/mol. The predicted octanol–water partition coefficient (Wildman–Crippen LogP) is 8.79. The fourth-order valence-electron chi connectivity index (χ4n) is 6.40. The van der Waals surface area contributed by atoms with Gasteiger partial charge in [-0.2, -0.15) is 5.26 Å². The maximum absolute atomic E-state index is 14.2. The molecule has 8 rings (SSSR count). The maximum atomic E-state index is 14.2. The molecule has 0 radical (unpaired) electrons. The molecular formula is C39H23N3O2. The molecule has 5 heteroatoms. The quantitative estimate of drug-likeness (QED) is 0.200. The van der Waals surface area contributed by atoms with E-state index in [4.69, 9.17) is 0 Å². The second-order valence-electron chi connectivity index (χ2n) is 10.8. The number of nitrogens with zero attached hydrogens (tertiary/aromatic N) is 3. The zero-order chi connectivity index (χ0) is 29.8. The summed E-state index contributed by atoms with van der Waals surface area (Å²) in [6.45, 7) is 0. The van der Waals surface area contributed by atoms with Crippen molar-refractivity contribution >= 4 is 39.3 Å². The van der Waals surface area contributed by atoms with E-state index in [1.165, 1.54) is 4.90 Å². The Kier molecular flexibility index (Phi) is 5.75. The van der Waals surface area contributed by atoms with Crippen LogP contribution in [0.15, 0.2) is 140 Å². The molecular weight excluding hydrogens is 542 g/mol. The lowest BCUT2D eigenvalue weighted by molar-refractivity contribution is 0.0926. The van der Waals surface area contributed by atoms with Crippen molar-refractivity contribution in [1.82, 2.24) is 4.57 Å². The molecule has 0 saturated heterocycles. The second kappa shape index (κ2) is 9.94. The molecule has 5 nitrogen and oxygen atoms in total. The molecule has 0 atom stereocenters. The van der Waals surface area contributed by atoms with Crippen molar-refractivity contribution in [3.63, 3.8) is 0 Å². The summed E-state index contributed by atoms with van der Waals surface area (Å²) < 4.78 is 2.08. The van der Waals surface area contributed by atoms with E-state index >= 15 is 0 Å². The molecule has 1 aliphatic rings. The van der Waals surface area contributed by atoms with E-state index in [1.54, 1.807) is 12.1 Å². The van der Waals surface area contributed by atoms with Gasteiger partial charge in [0.2, 0.25) is 0 Å². The number of carbonyl (C=O) groups is 2. The van der Waals surface area contributed by atoms with Gasteiger partial charge in [0.15, 0.2) is 0 Å². The highest BCUT2D eigenvalue weighted by atomic mass is 16.2. The number of benzene rings is 6. The Hall–Kier alpha value is -6.25. The largest absolute Gasteiger partial charge is 0.308 e. The Labute approximate surface area is 253 Å². The van der Waals surface area contributed by atoms with E-state index in [-0.39, 0.29) is 11.8 Å². The molecule has 0 aliphatic carbocycles. The minimum absolute atomic E-state index is 0.339. The number of imide groups is 1. The van der Waals surface area contributed by atoms with E-state index in [9.17, 15) is 14.9 Å². The normalized spacial score (nSPS) is 12.6. The third kappa shape index (κ3) is 3.79. The summed E-state index contributed by atoms with van der Waals surface area (Å²) in [4.78, 5) is 29.2. The first-order chi connectivity index (χ1) is 21.6. The molecule has 1 aliphatic heterocycles. The molecule has 0 N–H and O–H groups in total. The van der Waals surface area contributed by atoms with Gasteiger partial charge in [-0.3, -0.25) is 9.59 Å². The van der Waals surface area contributed by atoms with Gasteiger partial charge in [0.1, 0.15) is 0 Å². The number of nitriles is 1. The summed E-state index contributed by atoms with van der Waals surface area (Å²) in [5.41, 5.74) is 8.36. The molecule has 0 bridgehead atoms. The number of anilines is 1. The van der Waals surface area contributed by atoms with Crippen LogP contribution in [0.1, 0.15) is 26.3 Å². The van der Waals surface area contributed by atoms with Gasteiger partial charge >= 0.3 is 0 Å². The molecule has 2 heterocycles. The van der Waals surface area contributed by atoms with Gasteiger partial charge in [-0.05, 0) is 70.8 Å². The fraction of sp³-hybridized carbons (Fsp3) is 0. The summed E-state index contributed by atoms with van der Waals surface area (Å²) in [5.74, 6) is -0.689. The van der Waals surface area contributed by atoms with Crippen LogP contribution in [0.4, 0.5) is 5.69 Å². The summed E-state index contributed by atoms with van der Waals surface area (Å²) >= 11 is 0. The van der Waals surface area contributed by atoms with Gasteiger partial charge in [-0.15, -0.1) is 0 Å². The standard InChI is InChI=1S/C39H23N3O2/c40-24-25-9-6-12-28(23-25)30-14-7-17-34-36(30)31-13-4-5-16-33(31)42(34)35-18-8-15-32-37(35)39(44)41(38(32)43)29-21-19-27(20-22-29)26-10-2-1-3-11-26/h1-23H. The summed E-state index contributed by atoms with van der Waals surface area (Å²) in [7, 11) is 0. The van der Waals surface area contributed by atoms with Gasteiger partial charge < -0.3 is 4.57 Å². The number of carbonyl (C=O) groups excluding carboxylic acids is 2. The Bertz CT molecular complexity index is 2330. The lowest BCUT2D eigenvalue weighted by atomic mass is 9.98. The average molecular weight is 566 g/mol. The van der Waals surface area contributed by atoms with Crippen molar-refractivity contribution < 1.29 is 9.59 Å². The fourth-order valence-corrected chi connectivity index (χ4v) is 6.40. The van der Waals surface area contributed by atoms with Crippen molar-refractivity contribution in [3.05, 3.63) is 156 Å². The second-order valence-corrected chi connectivity index (χ2v) is 10.8. The van der Waals surface area contributed by atoms with Crippen LogP contribution in [0.5, 0.6) is 0 Å². The highest BCUT2D eigenvalue weighted by molar-refractivity contribution is 6.36. The zero-order valence-electron chi connectivity index (χ0n) is 23.4. The van der Waals surface area contributed by atoms with Crippen molar-refractivity contribution in [2.75, 3.05) is 4.90 Å². The van der Waals surface area contributed by atoms with Crippen molar-refractivity contribution in [1.29, 1.82) is 5.26 Å². The van der Waals surface area contributed by atoms with Crippen molar-refractivity contribution in [2.45, 2.75) is 0 Å². The smallest absolute Gasteiger partial charge is 0.268 e. The van der Waals surface area contributed by atoms with Gasteiger partial charge in [-0.1, -0.05) is 91.0 Å². The summed E-state index contributed by atoms with van der Waals surface area (Å²) in [6.07, 6.45) is 0. The van der Waals surface area contributed by atoms with E-state index in [0.29, 0.717) is 28.1 Å². The Morgan fingerprint density at radius 3 is 2.02 bits per heavy atom. The third-order valence-electron chi connectivity index (χ3n) is 8.37. The monoisotopic (exact) mass is 565 g/mol. The number of hydrogen-bond donors (Lipinski definition) is 0. The Morgan fingerprint density at radius 1 is 0.545 bits per heavy atom. The van der Waals surface area contributed by atoms with Crippen LogP contribution >= 0.6 is 0 Å². The molecule has 0 spiro atoms. The van der Waals surface area contributed by atoms with Gasteiger partial charge in [0.25, 0.3) is 11.8 Å². The molecule has 0 unspecified atom stereocenters. The first-order valence-corrected chi connectivity index (χ1v) is 14.3. The summed E-state index contributed by atoms with van der Waals surface area (Å²) in [6, 6.07) is 47.0. The van der Waals surface area contributed by atoms with E-state index in [0.717, 1.165) is 44.1 Å². The summed E-state index contributed by atoms with van der Waals surface area (Å²) in [5, 5.41) is 11.6. The van der Waals surface area contributed by atoms with Crippen LogP contribution in [0.25, 0.3) is 49.7 Å². The zero-order valence-corrected chi connectivity index (χ0v) is 23.4. The number of amides is 2. The number of para-hydroxylation sites is 1. The van der Waals surface area contributed by atoms with Crippen molar-refractivity contribution in [3.8, 4) is 34.0 Å². The lowest BCUT2D eigenvalue weighted by Crippen LogP contribution is -2.29. The van der Waals surface area contributed by atoms with Gasteiger partial charge in [0.05, 0.1) is 45.2 Å². The van der Waals surface area contributed by atoms with Crippen LogP contribution in [0.2, 0.25) is 0 Å². The number of hydrogen-bond acceptors (Lipinski definition) is 3. The molecule has 1 aromatic heterocycles. The van der Waals surface area contributed by atoms with Crippen LogP contribution in [-0.4, -0.2) is 16.4 Å². The Balaban J connectivity index is 1.30. The van der Waals surface area contributed by atoms with E-state index < -0.39 is 0 Å². The van der Waals surface area contributed by atoms with Crippen LogP contribution in [-0.2, 0) is 0 Å². The molecule has 44 heavy (non-hydrogen) atoms. The first-order valence-electron chi connectivity index (χ1n) is 14.3. The minimum Gasteiger partial charge on any atom is -0.308 e. The Morgan fingerprint density at radius 2 is 1.20 bits per heavy atom. The molecule has 0 saturated carbocycles. The molecule has 6 aromatic carbocycles. The lowest BCUT2D eigenvalue weighted by Gasteiger charge is -2.15. The highest BCUT2D eigenvalue weighted by Gasteiger charge is 2.39.